The predicted octanol–water partition coefficient (Wildman–Crippen LogP) is 2.36. The van der Waals surface area contributed by atoms with Gasteiger partial charge >= 0.3 is 0 Å². The Morgan fingerprint density at radius 2 is 2.18 bits per heavy atom. The van der Waals surface area contributed by atoms with E-state index in [1.54, 1.807) is 0 Å². The molecule has 1 saturated heterocycles. The Morgan fingerprint density at radius 3 is 2.94 bits per heavy atom. The number of piperidine rings is 1. The third kappa shape index (κ3) is 3.76. The van der Waals surface area contributed by atoms with Gasteiger partial charge in [-0.2, -0.15) is 5.26 Å². The molecule has 2 rings (SSSR count). The van der Waals surface area contributed by atoms with Crippen molar-refractivity contribution in [3.05, 3.63) is 29.8 Å². The summed E-state index contributed by atoms with van der Waals surface area (Å²) >= 11 is 0. The SMILES string of the molecule is N#Cc1cccc(NCCC2CCNCC2)c1. The van der Waals surface area contributed by atoms with Crippen LogP contribution in [0.25, 0.3) is 0 Å². The fourth-order valence-corrected chi connectivity index (χ4v) is 2.29. The van der Waals surface area contributed by atoms with E-state index in [0.717, 1.165) is 36.8 Å². The van der Waals surface area contributed by atoms with Crippen molar-refractivity contribution in [1.82, 2.24) is 5.32 Å². The zero-order valence-corrected chi connectivity index (χ0v) is 10.1. The van der Waals surface area contributed by atoms with Gasteiger partial charge in [-0.3, -0.25) is 0 Å². The van der Waals surface area contributed by atoms with Crippen LogP contribution in [-0.4, -0.2) is 19.6 Å². The largest absolute Gasteiger partial charge is 0.385 e. The van der Waals surface area contributed by atoms with Crippen LogP contribution in [0, 0.1) is 17.2 Å². The summed E-state index contributed by atoms with van der Waals surface area (Å²) in [5, 5.41) is 15.6. The molecule has 0 aliphatic carbocycles. The summed E-state index contributed by atoms with van der Waals surface area (Å²) in [7, 11) is 0. The molecule has 0 unspecified atom stereocenters. The summed E-state index contributed by atoms with van der Waals surface area (Å²) in [6.07, 6.45) is 3.80. The first-order valence-electron chi connectivity index (χ1n) is 6.33. The van der Waals surface area contributed by atoms with Crippen LogP contribution in [0.3, 0.4) is 0 Å². The molecular weight excluding hydrogens is 210 g/mol. The second kappa shape index (κ2) is 6.27. The Morgan fingerprint density at radius 1 is 1.35 bits per heavy atom. The maximum absolute atomic E-state index is 8.81. The Labute approximate surface area is 103 Å². The lowest BCUT2D eigenvalue weighted by Gasteiger charge is -2.22. The first-order valence-corrected chi connectivity index (χ1v) is 6.33. The maximum Gasteiger partial charge on any atom is 0.0992 e. The number of hydrogen-bond donors (Lipinski definition) is 2. The van der Waals surface area contributed by atoms with Gasteiger partial charge in [-0.05, 0) is 56.5 Å². The Kier molecular flexibility index (Phi) is 4.40. The van der Waals surface area contributed by atoms with E-state index in [0.29, 0.717) is 0 Å². The van der Waals surface area contributed by atoms with Crippen LogP contribution in [0.2, 0.25) is 0 Å². The average molecular weight is 229 g/mol. The highest BCUT2D eigenvalue weighted by Crippen LogP contribution is 2.16. The molecule has 0 radical (unpaired) electrons. The number of hydrogen-bond acceptors (Lipinski definition) is 3. The fourth-order valence-electron chi connectivity index (χ4n) is 2.29. The molecule has 17 heavy (non-hydrogen) atoms. The quantitative estimate of drug-likeness (QED) is 0.833. The van der Waals surface area contributed by atoms with Gasteiger partial charge in [0.1, 0.15) is 0 Å². The highest BCUT2D eigenvalue weighted by molar-refractivity contribution is 5.48. The molecular formula is C14H19N3. The molecule has 0 saturated carbocycles. The van der Waals surface area contributed by atoms with Gasteiger partial charge in [-0.15, -0.1) is 0 Å². The summed E-state index contributed by atoms with van der Waals surface area (Å²) < 4.78 is 0. The van der Waals surface area contributed by atoms with Crippen molar-refractivity contribution >= 4 is 5.69 Å². The van der Waals surface area contributed by atoms with E-state index in [1.807, 2.05) is 24.3 Å². The van der Waals surface area contributed by atoms with Crippen molar-refractivity contribution in [1.29, 1.82) is 5.26 Å². The van der Waals surface area contributed by atoms with Gasteiger partial charge in [0, 0.05) is 12.2 Å². The van der Waals surface area contributed by atoms with Crippen molar-refractivity contribution < 1.29 is 0 Å². The maximum atomic E-state index is 8.81. The summed E-state index contributed by atoms with van der Waals surface area (Å²) in [6.45, 7) is 3.32. The van der Waals surface area contributed by atoms with Gasteiger partial charge < -0.3 is 10.6 Å². The summed E-state index contributed by atoms with van der Waals surface area (Å²) in [4.78, 5) is 0. The zero-order valence-electron chi connectivity index (χ0n) is 10.1. The van der Waals surface area contributed by atoms with Crippen molar-refractivity contribution in [2.45, 2.75) is 19.3 Å². The molecule has 1 fully saturated rings. The number of benzene rings is 1. The van der Waals surface area contributed by atoms with Crippen molar-refractivity contribution in [2.75, 3.05) is 25.0 Å². The van der Waals surface area contributed by atoms with E-state index in [4.69, 9.17) is 5.26 Å². The molecule has 0 spiro atoms. The topological polar surface area (TPSA) is 47.9 Å². The summed E-state index contributed by atoms with van der Waals surface area (Å²) in [6, 6.07) is 9.83. The average Bonchev–Trinajstić information content (AvgIpc) is 2.40. The Bertz CT molecular complexity index is 389. The van der Waals surface area contributed by atoms with Crippen LogP contribution in [0.15, 0.2) is 24.3 Å². The molecule has 1 aromatic carbocycles. The van der Waals surface area contributed by atoms with Crippen LogP contribution in [0.4, 0.5) is 5.69 Å². The van der Waals surface area contributed by atoms with Crippen LogP contribution in [0.1, 0.15) is 24.8 Å². The van der Waals surface area contributed by atoms with E-state index in [1.165, 1.54) is 19.3 Å². The molecule has 3 nitrogen and oxygen atoms in total. The van der Waals surface area contributed by atoms with E-state index < -0.39 is 0 Å². The van der Waals surface area contributed by atoms with E-state index >= 15 is 0 Å². The standard InChI is InChI=1S/C14H19N3/c15-11-13-2-1-3-14(10-13)17-9-6-12-4-7-16-8-5-12/h1-3,10,12,16-17H,4-9H2. The van der Waals surface area contributed by atoms with Crippen LogP contribution in [-0.2, 0) is 0 Å². The zero-order chi connectivity index (χ0) is 11.9. The van der Waals surface area contributed by atoms with Crippen molar-refractivity contribution in [3.8, 4) is 6.07 Å². The lowest BCUT2D eigenvalue weighted by atomic mass is 9.95. The first-order chi connectivity index (χ1) is 8.38. The van der Waals surface area contributed by atoms with Gasteiger partial charge in [0.05, 0.1) is 11.6 Å². The van der Waals surface area contributed by atoms with Crippen LogP contribution in [0.5, 0.6) is 0 Å². The van der Waals surface area contributed by atoms with Gasteiger partial charge in [-0.25, -0.2) is 0 Å². The van der Waals surface area contributed by atoms with Crippen LogP contribution < -0.4 is 10.6 Å². The van der Waals surface area contributed by atoms with Crippen molar-refractivity contribution in [3.63, 3.8) is 0 Å². The second-order valence-electron chi connectivity index (χ2n) is 4.60. The predicted molar refractivity (Wildman–Crippen MR) is 69.9 cm³/mol. The smallest absolute Gasteiger partial charge is 0.0992 e. The number of nitriles is 1. The Hall–Kier alpha value is -1.53. The molecule has 1 aliphatic rings. The lowest BCUT2D eigenvalue weighted by molar-refractivity contribution is 0.361. The highest BCUT2D eigenvalue weighted by atomic mass is 14.9. The van der Waals surface area contributed by atoms with Gasteiger partial charge in [0.2, 0.25) is 0 Å². The fraction of sp³-hybridized carbons (Fsp3) is 0.500. The molecule has 0 aromatic heterocycles. The Balaban J connectivity index is 1.75. The van der Waals surface area contributed by atoms with E-state index in [9.17, 15) is 0 Å². The normalized spacial score (nSPS) is 16.4. The summed E-state index contributed by atoms with van der Waals surface area (Å²) in [5.41, 5.74) is 1.77. The lowest BCUT2D eigenvalue weighted by Crippen LogP contribution is -2.28. The molecule has 0 atom stereocenters. The van der Waals surface area contributed by atoms with E-state index in [-0.39, 0.29) is 0 Å². The minimum Gasteiger partial charge on any atom is -0.385 e. The third-order valence-corrected chi connectivity index (χ3v) is 3.33. The molecule has 1 aliphatic heterocycles. The molecule has 90 valence electrons. The minimum absolute atomic E-state index is 0.719. The molecule has 0 bridgehead atoms. The third-order valence-electron chi connectivity index (χ3n) is 3.33. The van der Waals surface area contributed by atoms with Gasteiger partial charge in [0.15, 0.2) is 0 Å². The molecule has 1 aromatic rings. The minimum atomic E-state index is 0.719. The number of nitrogens with one attached hydrogen (secondary N) is 2. The van der Waals surface area contributed by atoms with Crippen molar-refractivity contribution in [2.24, 2.45) is 5.92 Å². The molecule has 1 heterocycles. The molecule has 3 heteroatoms. The number of nitrogens with zero attached hydrogens (tertiary/aromatic N) is 1. The first kappa shape index (κ1) is 11.9. The highest BCUT2D eigenvalue weighted by Gasteiger charge is 2.11. The molecule has 2 N–H and O–H groups in total. The van der Waals surface area contributed by atoms with Crippen LogP contribution >= 0.6 is 0 Å². The summed E-state index contributed by atoms with van der Waals surface area (Å²) in [5.74, 6) is 0.850. The van der Waals surface area contributed by atoms with Gasteiger partial charge in [-0.1, -0.05) is 6.07 Å². The van der Waals surface area contributed by atoms with E-state index in [2.05, 4.69) is 16.7 Å². The van der Waals surface area contributed by atoms with Gasteiger partial charge in [0.25, 0.3) is 0 Å². The monoisotopic (exact) mass is 229 g/mol. The molecule has 0 amide bonds. The second-order valence-corrected chi connectivity index (χ2v) is 4.60. The number of anilines is 1. The number of rotatable bonds is 4.